The van der Waals surface area contributed by atoms with Gasteiger partial charge in [-0.05, 0) is 44.6 Å². The van der Waals surface area contributed by atoms with E-state index in [1.165, 1.54) is 25.7 Å². The maximum absolute atomic E-state index is 5.96. The van der Waals surface area contributed by atoms with Gasteiger partial charge in [-0.2, -0.15) is 0 Å². The Bertz CT molecular complexity index is 202. The Hall–Kier alpha value is -0.0800. The molecule has 2 nitrogen and oxygen atoms in total. The molecule has 0 aromatic carbocycles. The first kappa shape index (κ1) is 10.4. The third kappa shape index (κ3) is 1.59. The lowest BCUT2D eigenvalue weighted by molar-refractivity contribution is -0.0244. The van der Waals surface area contributed by atoms with Crippen molar-refractivity contribution in [2.24, 2.45) is 17.6 Å². The smallest absolute Gasteiger partial charge is 0.0337 e. The van der Waals surface area contributed by atoms with Gasteiger partial charge in [-0.25, -0.2) is 0 Å². The second-order valence-corrected chi connectivity index (χ2v) is 5.68. The Kier molecular flexibility index (Phi) is 2.61. The van der Waals surface area contributed by atoms with Crippen LogP contribution in [0.4, 0.5) is 0 Å². The van der Waals surface area contributed by atoms with Crippen LogP contribution in [0.15, 0.2) is 0 Å². The van der Waals surface area contributed by atoms with Crippen LogP contribution in [0.2, 0.25) is 0 Å². The molecule has 2 heteroatoms. The molecule has 0 saturated heterocycles. The van der Waals surface area contributed by atoms with Crippen LogP contribution in [-0.2, 0) is 0 Å². The Morgan fingerprint density at radius 2 is 1.93 bits per heavy atom. The zero-order valence-electron chi connectivity index (χ0n) is 9.79. The van der Waals surface area contributed by atoms with Crippen LogP contribution in [0, 0.1) is 11.8 Å². The molecule has 0 aromatic heterocycles. The highest BCUT2D eigenvalue weighted by Crippen LogP contribution is 2.48. The van der Waals surface area contributed by atoms with Crippen molar-refractivity contribution in [3.8, 4) is 0 Å². The molecular weight excluding hydrogens is 172 g/mol. The summed E-state index contributed by atoms with van der Waals surface area (Å²) < 4.78 is 0. The molecule has 2 saturated carbocycles. The van der Waals surface area contributed by atoms with Gasteiger partial charge in [0.1, 0.15) is 0 Å². The molecule has 14 heavy (non-hydrogen) atoms. The fourth-order valence-corrected chi connectivity index (χ4v) is 2.84. The first-order chi connectivity index (χ1) is 6.59. The van der Waals surface area contributed by atoms with Gasteiger partial charge in [-0.1, -0.05) is 13.8 Å². The fourth-order valence-electron chi connectivity index (χ4n) is 2.84. The molecule has 2 rings (SSSR count). The van der Waals surface area contributed by atoms with E-state index in [2.05, 4.69) is 25.8 Å². The summed E-state index contributed by atoms with van der Waals surface area (Å²) in [5.74, 6) is 1.75. The maximum Gasteiger partial charge on any atom is 0.0337 e. The number of hydrogen-bond donors (Lipinski definition) is 1. The van der Waals surface area contributed by atoms with Crippen LogP contribution < -0.4 is 5.73 Å². The number of nitrogens with zero attached hydrogens (tertiary/aromatic N) is 1. The Morgan fingerprint density at radius 1 is 1.36 bits per heavy atom. The first-order valence-corrected chi connectivity index (χ1v) is 6.02. The molecule has 2 N–H and O–H groups in total. The molecule has 2 fully saturated rings. The number of rotatable bonds is 4. The molecule has 0 unspecified atom stereocenters. The van der Waals surface area contributed by atoms with Crippen molar-refractivity contribution in [2.45, 2.75) is 51.1 Å². The second kappa shape index (κ2) is 3.49. The highest BCUT2D eigenvalue weighted by molar-refractivity contribution is 5.06. The average Bonchev–Trinajstić information content (AvgIpc) is 2.84. The topological polar surface area (TPSA) is 29.3 Å². The molecule has 0 spiro atoms. The number of hydrogen-bond acceptors (Lipinski definition) is 2. The van der Waals surface area contributed by atoms with Gasteiger partial charge in [0.2, 0.25) is 0 Å². The monoisotopic (exact) mass is 196 g/mol. The van der Waals surface area contributed by atoms with E-state index in [0.717, 1.165) is 24.4 Å². The van der Waals surface area contributed by atoms with Crippen molar-refractivity contribution in [3.05, 3.63) is 0 Å². The Morgan fingerprint density at radius 3 is 2.29 bits per heavy atom. The van der Waals surface area contributed by atoms with Gasteiger partial charge >= 0.3 is 0 Å². The number of likely N-dealkylation sites (N-methyl/N-ethyl adjacent to an activating group) is 1. The lowest BCUT2D eigenvalue weighted by atomic mass is 9.63. The van der Waals surface area contributed by atoms with Crippen LogP contribution >= 0.6 is 0 Å². The summed E-state index contributed by atoms with van der Waals surface area (Å²) in [6.07, 6.45) is 5.44. The molecular formula is C12H24N2. The highest BCUT2D eigenvalue weighted by Gasteiger charge is 2.50. The zero-order valence-corrected chi connectivity index (χ0v) is 9.79. The summed E-state index contributed by atoms with van der Waals surface area (Å²) in [4.78, 5) is 2.58. The molecule has 0 radical (unpaired) electrons. The van der Waals surface area contributed by atoms with Crippen molar-refractivity contribution < 1.29 is 0 Å². The molecule has 82 valence electrons. The highest BCUT2D eigenvalue weighted by atomic mass is 15.2. The molecule has 0 aliphatic heterocycles. The molecule has 2 aliphatic rings. The fraction of sp³-hybridized carbons (Fsp3) is 1.00. The van der Waals surface area contributed by atoms with E-state index >= 15 is 0 Å². The lowest BCUT2D eigenvalue weighted by Gasteiger charge is -2.54. The van der Waals surface area contributed by atoms with Crippen molar-refractivity contribution in [3.63, 3.8) is 0 Å². The van der Waals surface area contributed by atoms with E-state index in [4.69, 9.17) is 5.73 Å². The third-order valence-electron chi connectivity index (χ3n) is 4.45. The molecule has 0 amide bonds. The second-order valence-electron chi connectivity index (χ2n) is 5.68. The average molecular weight is 196 g/mol. The first-order valence-electron chi connectivity index (χ1n) is 6.02. The van der Waals surface area contributed by atoms with Crippen LogP contribution in [0.25, 0.3) is 0 Å². The van der Waals surface area contributed by atoms with Gasteiger partial charge < -0.3 is 5.73 Å². The van der Waals surface area contributed by atoms with Crippen molar-refractivity contribution in [2.75, 3.05) is 13.6 Å². The number of nitrogens with two attached hydrogens (primary N) is 1. The third-order valence-corrected chi connectivity index (χ3v) is 4.45. The Balaban J connectivity index is 1.93. The summed E-state index contributed by atoms with van der Waals surface area (Å²) in [5.41, 5.74) is 6.33. The summed E-state index contributed by atoms with van der Waals surface area (Å²) in [5, 5.41) is 0. The normalized spacial score (nSPS) is 37.7. The van der Waals surface area contributed by atoms with E-state index < -0.39 is 0 Å². The summed E-state index contributed by atoms with van der Waals surface area (Å²) in [6.45, 7) is 5.52. The minimum absolute atomic E-state index is 0.371. The van der Waals surface area contributed by atoms with Crippen molar-refractivity contribution >= 4 is 0 Å². The minimum atomic E-state index is 0.371. The van der Waals surface area contributed by atoms with Crippen molar-refractivity contribution in [1.29, 1.82) is 0 Å². The van der Waals surface area contributed by atoms with Gasteiger partial charge in [0.15, 0.2) is 0 Å². The predicted molar refractivity (Wildman–Crippen MR) is 60.1 cm³/mol. The lowest BCUT2D eigenvalue weighted by Crippen LogP contribution is -2.61. The SMILES string of the molecule is CC(C)C1CC(CN)(N(C)C2CC2)C1. The summed E-state index contributed by atoms with van der Waals surface area (Å²) in [7, 11) is 2.28. The standard InChI is InChI=1S/C12H24N2/c1-9(2)10-6-12(7-10,8-13)14(3)11-4-5-11/h9-11H,4-8,13H2,1-3H3. The Labute approximate surface area is 87.8 Å². The molecule has 0 atom stereocenters. The van der Waals surface area contributed by atoms with Gasteiger partial charge in [-0.15, -0.1) is 0 Å². The van der Waals surface area contributed by atoms with Gasteiger partial charge in [0.25, 0.3) is 0 Å². The van der Waals surface area contributed by atoms with Crippen LogP contribution in [0.5, 0.6) is 0 Å². The van der Waals surface area contributed by atoms with Gasteiger partial charge in [0, 0.05) is 18.1 Å². The van der Waals surface area contributed by atoms with Gasteiger partial charge in [-0.3, -0.25) is 4.90 Å². The summed E-state index contributed by atoms with van der Waals surface area (Å²) >= 11 is 0. The predicted octanol–water partition coefficient (Wildman–Crippen LogP) is 1.84. The molecule has 0 heterocycles. The van der Waals surface area contributed by atoms with E-state index in [1.54, 1.807) is 0 Å². The van der Waals surface area contributed by atoms with Gasteiger partial charge in [0.05, 0.1) is 0 Å². The van der Waals surface area contributed by atoms with E-state index in [9.17, 15) is 0 Å². The minimum Gasteiger partial charge on any atom is -0.329 e. The molecule has 2 aliphatic carbocycles. The molecule has 0 bridgehead atoms. The maximum atomic E-state index is 5.96. The van der Waals surface area contributed by atoms with E-state index in [0.29, 0.717) is 5.54 Å². The van der Waals surface area contributed by atoms with E-state index in [-0.39, 0.29) is 0 Å². The van der Waals surface area contributed by atoms with Crippen LogP contribution in [-0.4, -0.2) is 30.1 Å². The van der Waals surface area contributed by atoms with Crippen LogP contribution in [0.1, 0.15) is 39.5 Å². The summed E-state index contributed by atoms with van der Waals surface area (Å²) in [6, 6.07) is 0.853. The van der Waals surface area contributed by atoms with Crippen molar-refractivity contribution in [1.82, 2.24) is 4.90 Å². The van der Waals surface area contributed by atoms with E-state index in [1.807, 2.05) is 0 Å². The van der Waals surface area contributed by atoms with Crippen LogP contribution in [0.3, 0.4) is 0 Å². The molecule has 0 aromatic rings. The largest absolute Gasteiger partial charge is 0.329 e. The quantitative estimate of drug-likeness (QED) is 0.743. The zero-order chi connectivity index (χ0) is 10.3.